The number of carbonyl (C=O) groups is 5. The van der Waals surface area contributed by atoms with Crippen LogP contribution < -0.4 is 15.1 Å². The summed E-state index contributed by atoms with van der Waals surface area (Å²) in [6.45, 7) is 0. The molecule has 8 rings (SSSR count). The number of phenols is 2. The van der Waals surface area contributed by atoms with Crippen LogP contribution in [0.3, 0.4) is 0 Å². The normalized spacial score (nSPS) is 25.7. The molecule has 4 aromatic rings. The van der Waals surface area contributed by atoms with Gasteiger partial charge in [0.1, 0.15) is 22.8 Å². The highest BCUT2D eigenvalue weighted by atomic mass is 79.9. The van der Waals surface area contributed by atoms with Gasteiger partial charge in [0.15, 0.2) is 0 Å². The molecule has 0 spiro atoms. The van der Waals surface area contributed by atoms with Crippen LogP contribution in [0.1, 0.15) is 40.2 Å². The summed E-state index contributed by atoms with van der Waals surface area (Å²) in [6.07, 6.45) is 1.90. The van der Waals surface area contributed by atoms with Gasteiger partial charge in [-0.05, 0) is 85.0 Å². The molecular formula is C40H30BrCl2N3O9. The number of aromatic hydroxyl groups is 2. The predicted octanol–water partition coefficient (Wildman–Crippen LogP) is 7.06. The van der Waals surface area contributed by atoms with Gasteiger partial charge in [0, 0.05) is 27.0 Å². The van der Waals surface area contributed by atoms with E-state index in [1.807, 2.05) is 6.08 Å². The number of rotatable bonds is 7. The zero-order valence-electron chi connectivity index (χ0n) is 28.7. The van der Waals surface area contributed by atoms with Crippen molar-refractivity contribution in [1.29, 1.82) is 0 Å². The Labute approximate surface area is 332 Å². The first-order valence-corrected chi connectivity index (χ1v) is 18.7. The third kappa shape index (κ3) is 5.50. The molecule has 12 nitrogen and oxygen atoms in total. The number of carboxylic acids is 1. The Hall–Kier alpha value is -5.37. The van der Waals surface area contributed by atoms with Crippen LogP contribution in [0.2, 0.25) is 10.0 Å². The van der Waals surface area contributed by atoms with Gasteiger partial charge >= 0.3 is 5.97 Å². The van der Waals surface area contributed by atoms with Gasteiger partial charge in [-0.3, -0.25) is 24.6 Å². The molecule has 6 atom stereocenters. The molecule has 0 bridgehead atoms. The van der Waals surface area contributed by atoms with Crippen LogP contribution in [0.25, 0.3) is 0 Å². The molecule has 280 valence electrons. The second-order valence-corrected chi connectivity index (χ2v) is 15.7. The van der Waals surface area contributed by atoms with Crippen LogP contribution in [-0.4, -0.2) is 57.0 Å². The topological polar surface area (TPSA) is 174 Å². The number of hydrazine groups is 1. The minimum absolute atomic E-state index is 0.000336. The number of nitrogens with one attached hydrogen (secondary N) is 1. The Balaban J connectivity index is 1.32. The van der Waals surface area contributed by atoms with E-state index < -0.39 is 75.9 Å². The molecule has 2 heterocycles. The summed E-state index contributed by atoms with van der Waals surface area (Å²) in [5.74, 6) is -8.80. The number of halogens is 3. The molecule has 55 heavy (non-hydrogen) atoms. The van der Waals surface area contributed by atoms with Gasteiger partial charge in [0.2, 0.25) is 11.8 Å². The van der Waals surface area contributed by atoms with E-state index >= 15 is 4.79 Å². The number of carbonyl (C=O) groups excluding carboxylic acids is 4. The molecule has 2 aliphatic carbocycles. The number of ether oxygens (including phenoxy) is 1. The van der Waals surface area contributed by atoms with E-state index in [-0.39, 0.29) is 35.0 Å². The third-order valence-electron chi connectivity index (χ3n) is 11.4. The Kier molecular flexibility index (Phi) is 8.94. The van der Waals surface area contributed by atoms with E-state index in [0.717, 1.165) is 22.0 Å². The quantitative estimate of drug-likeness (QED) is 0.111. The molecule has 4 N–H and O–H groups in total. The van der Waals surface area contributed by atoms with Crippen molar-refractivity contribution in [3.8, 4) is 17.2 Å². The molecule has 0 radical (unpaired) electrons. The monoisotopic (exact) mass is 845 g/mol. The number of imide groups is 2. The maximum atomic E-state index is 15.4. The Bertz CT molecular complexity index is 2390. The van der Waals surface area contributed by atoms with Crippen LogP contribution in [0.4, 0.5) is 11.4 Å². The molecule has 2 saturated heterocycles. The summed E-state index contributed by atoms with van der Waals surface area (Å²) in [5, 5.41) is 32.9. The second kappa shape index (κ2) is 13.4. The zero-order valence-corrected chi connectivity index (χ0v) is 31.8. The van der Waals surface area contributed by atoms with Gasteiger partial charge in [0.05, 0.1) is 46.7 Å². The highest BCUT2D eigenvalue weighted by Crippen LogP contribution is 2.65. The molecule has 0 aromatic heterocycles. The summed E-state index contributed by atoms with van der Waals surface area (Å²) >= 11 is 16.2. The lowest BCUT2D eigenvalue weighted by Gasteiger charge is -2.50. The summed E-state index contributed by atoms with van der Waals surface area (Å²) in [7, 11) is 1.50. The lowest BCUT2D eigenvalue weighted by atomic mass is 9.49. The molecule has 4 amide bonds. The number of allylic oxidation sites excluding steroid dienone is 2. The van der Waals surface area contributed by atoms with Crippen LogP contribution in [0.15, 0.2) is 95.0 Å². The summed E-state index contributed by atoms with van der Waals surface area (Å²) in [5.41, 5.74) is 2.45. The number of amides is 4. The number of benzene rings is 4. The predicted molar refractivity (Wildman–Crippen MR) is 204 cm³/mol. The lowest BCUT2D eigenvalue weighted by molar-refractivity contribution is -0.138. The van der Waals surface area contributed by atoms with Crippen molar-refractivity contribution in [3.63, 3.8) is 0 Å². The van der Waals surface area contributed by atoms with E-state index in [1.165, 1.54) is 31.4 Å². The first-order valence-electron chi connectivity index (χ1n) is 17.1. The fourth-order valence-corrected chi connectivity index (χ4v) is 9.87. The first kappa shape index (κ1) is 36.6. The van der Waals surface area contributed by atoms with Crippen LogP contribution in [0, 0.1) is 23.7 Å². The van der Waals surface area contributed by atoms with E-state index in [0.29, 0.717) is 31.9 Å². The van der Waals surface area contributed by atoms with Gasteiger partial charge in [-0.2, -0.15) is 5.01 Å². The van der Waals surface area contributed by atoms with Gasteiger partial charge in [-0.15, -0.1) is 0 Å². The Morgan fingerprint density at radius 1 is 0.891 bits per heavy atom. The number of hydrogen-bond acceptors (Lipinski definition) is 9. The molecular weight excluding hydrogens is 817 g/mol. The van der Waals surface area contributed by atoms with E-state index in [9.17, 15) is 34.5 Å². The third-order valence-corrected chi connectivity index (χ3v) is 12.4. The van der Waals surface area contributed by atoms with E-state index in [4.69, 9.17) is 27.9 Å². The smallest absolute Gasteiger partial charge is 0.339 e. The van der Waals surface area contributed by atoms with Crippen molar-refractivity contribution in [2.45, 2.75) is 24.2 Å². The summed E-state index contributed by atoms with van der Waals surface area (Å²) < 4.78 is 6.02. The molecule has 6 unspecified atom stereocenters. The number of nitrogens with zero attached hydrogens (tertiary/aromatic N) is 2. The van der Waals surface area contributed by atoms with Gasteiger partial charge in [0.25, 0.3) is 11.8 Å². The van der Waals surface area contributed by atoms with Crippen molar-refractivity contribution >= 4 is 80.1 Å². The number of methoxy groups -OCH3 is 1. The molecule has 3 fully saturated rings. The van der Waals surface area contributed by atoms with Gasteiger partial charge < -0.3 is 20.1 Å². The first-order chi connectivity index (χ1) is 26.3. The average molecular weight is 848 g/mol. The highest BCUT2D eigenvalue weighted by Gasteiger charge is 2.70. The van der Waals surface area contributed by atoms with Crippen molar-refractivity contribution in [1.82, 2.24) is 5.01 Å². The summed E-state index contributed by atoms with van der Waals surface area (Å²) in [4.78, 5) is 71.4. The number of fused-ring (bicyclic) bond motifs is 4. The maximum absolute atomic E-state index is 15.4. The minimum Gasteiger partial charge on any atom is -0.508 e. The maximum Gasteiger partial charge on any atom is 0.339 e. The Morgan fingerprint density at radius 3 is 2.31 bits per heavy atom. The van der Waals surface area contributed by atoms with Gasteiger partial charge in [-0.25, -0.2) is 9.69 Å². The largest absolute Gasteiger partial charge is 0.508 e. The molecule has 4 aromatic carbocycles. The second-order valence-electron chi connectivity index (χ2n) is 13.9. The molecule has 2 aliphatic heterocycles. The number of phenolic OH excluding ortho intramolecular Hbond substituents is 1. The van der Waals surface area contributed by atoms with E-state index in [2.05, 4.69) is 21.4 Å². The van der Waals surface area contributed by atoms with E-state index in [1.54, 1.807) is 42.5 Å². The van der Waals surface area contributed by atoms with Crippen molar-refractivity contribution in [3.05, 3.63) is 122 Å². The fourth-order valence-electron chi connectivity index (χ4n) is 9.04. The molecule has 15 heteroatoms. The number of carboxylic acid groups (broad SMARTS) is 1. The molecule has 4 aliphatic rings. The summed E-state index contributed by atoms with van der Waals surface area (Å²) in [6, 6.07) is 19.6. The fraction of sp³-hybridized carbons (Fsp3) is 0.225. The van der Waals surface area contributed by atoms with Crippen LogP contribution in [0.5, 0.6) is 17.2 Å². The SMILES string of the molecule is COc1ccc(C23C(=O)N(Nc4ccc(Cl)cc4Cl)C(=O)C2CC2C(=CCC4C(=O)N(c5ccc(C(=O)O)c(O)c5)C(=O)C42)C3c2cc(Br)ccc2O)cc1. The van der Waals surface area contributed by atoms with Crippen molar-refractivity contribution in [2.24, 2.45) is 23.7 Å². The number of anilines is 2. The standard InChI is InChI=1S/C40H30BrCl2N3O9/c1-55-22-7-2-18(3-8-22)40-28(36(50)46(39(40)54)44-30-12-5-20(42)15-29(30)43)17-26-23(34(40)27-14-19(41)4-13-31(27)47)10-11-25-33(26)37(51)45(35(25)49)21-6-9-24(38(52)53)32(48)16-21/h2-10,12-16,25-26,28,33-34,44,47-48H,11,17H2,1H3,(H,52,53). The number of aromatic carboxylic acids is 1. The van der Waals surface area contributed by atoms with Gasteiger partial charge in [-0.1, -0.05) is 62.9 Å². The Morgan fingerprint density at radius 2 is 1.64 bits per heavy atom. The lowest BCUT2D eigenvalue weighted by Crippen LogP contribution is -2.53. The number of hydrogen-bond donors (Lipinski definition) is 4. The molecule has 1 saturated carbocycles. The van der Waals surface area contributed by atoms with Crippen LogP contribution in [-0.2, 0) is 24.6 Å². The zero-order chi connectivity index (χ0) is 39.1. The van der Waals surface area contributed by atoms with Crippen molar-refractivity contribution in [2.75, 3.05) is 17.4 Å². The average Bonchev–Trinajstić information content (AvgIpc) is 3.54. The van der Waals surface area contributed by atoms with Crippen LogP contribution >= 0.6 is 39.1 Å². The van der Waals surface area contributed by atoms with Crippen molar-refractivity contribution < 1.29 is 44.0 Å². The highest BCUT2D eigenvalue weighted by molar-refractivity contribution is 9.10. The minimum atomic E-state index is -1.69.